The Balaban J connectivity index is 3.02. The summed E-state index contributed by atoms with van der Waals surface area (Å²) in [6, 6.07) is 7.44. The highest BCUT2D eigenvalue weighted by molar-refractivity contribution is 7.90. The van der Waals surface area contributed by atoms with Crippen molar-refractivity contribution >= 4 is 16.9 Å². The number of para-hydroxylation sites is 1. The van der Waals surface area contributed by atoms with Crippen LogP contribution in [0, 0.1) is 0 Å². The molecule has 1 unspecified atom stereocenters. The smallest absolute Gasteiger partial charge is 0.177 e. The zero-order chi connectivity index (χ0) is 8.27. The first-order valence-electron chi connectivity index (χ1n) is 3.28. The minimum Gasteiger partial charge on any atom is -0.612 e. The molecule has 0 aromatic heterocycles. The Hall–Kier alpha value is -0.670. The molecule has 1 rings (SSSR count). The van der Waals surface area contributed by atoms with Crippen molar-refractivity contribution in [3.63, 3.8) is 0 Å². The molecule has 1 radical (unpaired) electrons. The van der Waals surface area contributed by atoms with E-state index >= 15 is 0 Å². The van der Waals surface area contributed by atoms with Crippen molar-refractivity contribution < 1.29 is 4.55 Å². The maximum absolute atomic E-state index is 11.1. The van der Waals surface area contributed by atoms with Crippen molar-refractivity contribution in [1.82, 2.24) is 5.32 Å². The van der Waals surface area contributed by atoms with E-state index in [0.717, 1.165) is 10.6 Å². The summed E-state index contributed by atoms with van der Waals surface area (Å²) in [5, 5.41) is 4.00. The fourth-order valence-electron chi connectivity index (χ4n) is 0.885. The molecule has 0 spiro atoms. The van der Waals surface area contributed by atoms with Gasteiger partial charge in [-0.05, 0) is 23.3 Å². The van der Waals surface area contributed by atoms with E-state index in [1.165, 1.54) is 0 Å². The Kier molecular flexibility index (Phi) is 2.79. The quantitative estimate of drug-likeness (QED) is 0.613. The highest BCUT2D eigenvalue weighted by atomic mass is 32.2. The van der Waals surface area contributed by atoms with E-state index in [2.05, 4.69) is 5.32 Å². The van der Waals surface area contributed by atoms with Gasteiger partial charge >= 0.3 is 0 Å². The lowest BCUT2D eigenvalue weighted by Crippen LogP contribution is -2.01. The lowest BCUT2D eigenvalue weighted by atomic mass is 10.3. The number of benzene rings is 1. The molecule has 11 heavy (non-hydrogen) atoms. The van der Waals surface area contributed by atoms with E-state index in [-0.39, 0.29) is 0 Å². The molecule has 0 aliphatic heterocycles. The van der Waals surface area contributed by atoms with Crippen molar-refractivity contribution in [3.05, 3.63) is 24.3 Å². The molecule has 0 heterocycles. The molecular formula is C8H10NOS. The maximum atomic E-state index is 11.1. The van der Waals surface area contributed by atoms with Crippen LogP contribution in [0.2, 0.25) is 0 Å². The summed E-state index contributed by atoms with van der Waals surface area (Å²) in [6.45, 7) is 0. The number of nitrogens with zero attached hydrogens (tertiary/aromatic N) is 1. The van der Waals surface area contributed by atoms with Crippen LogP contribution in [-0.4, -0.2) is 17.9 Å². The van der Waals surface area contributed by atoms with Gasteiger partial charge in [0.15, 0.2) is 4.90 Å². The lowest BCUT2D eigenvalue weighted by Gasteiger charge is -2.07. The fraction of sp³-hybridized carbons (Fsp3) is 0.250. The van der Waals surface area contributed by atoms with Gasteiger partial charge in [-0.2, -0.15) is 0 Å². The molecular weight excluding hydrogens is 158 g/mol. The Morgan fingerprint density at radius 2 is 2.00 bits per heavy atom. The minimum atomic E-state index is -0.934. The Bertz CT molecular complexity index is 237. The summed E-state index contributed by atoms with van der Waals surface area (Å²) in [5.74, 6) is 0. The molecule has 0 bridgehead atoms. The van der Waals surface area contributed by atoms with Gasteiger partial charge < -0.3 is 4.55 Å². The van der Waals surface area contributed by atoms with Crippen LogP contribution in [0.1, 0.15) is 0 Å². The van der Waals surface area contributed by atoms with Gasteiger partial charge in [-0.1, -0.05) is 12.1 Å². The second-order valence-corrected chi connectivity index (χ2v) is 3.49. The third kappa shape index (κ3) is 1.88. The SMILES string of the molecule is C[N]c1ccccc1[S+](C)[O-]. The summed E-state index contributed by atoms with van der Waals surface area (Å²) in [7, 11) is 1.70. The van der Waals surface area contributed by atoms with Crippen molar-refractivity contribution in [2.24, 2.45) is 0 Å². The van der Waals surface area contributed by atoms with Crippen LogP contribution < -0.4 is 5.32 Å². The van der Waals surface area contributed by atoms with Gasteiger partial charge in [-0.25, -0.2) is 0 Å². The predicted octanol–water partition coefficient (Wildman–Crippen LogP) is 1.29. The highest BCUT2D eigenvalue weighted by Crippen LogP contribution is 2.19. The monoisotopic (exact) mass is 168 g/mol. The molecule has 1 aromatic rings. The predicted molar refractivity (Wildman–Crippen MR) is 46.5 cm³/mol. The molecule has 3 heteroatoms. The van der Waals surface area contributed by atoms with E-state index in [0.29, 0.717) is 0 Å². The van der Waals surface area contributed by atoms with Crippen molar-refractivity contribution in [1.29, 1.82) is 0 Å². The van der Waals surface area contributed by atoms with Crippen molar-refractivity contribution in [3.8, 4) is 0 Å². The summed E-state index contributed by atoms with van der Waals surface area (Å²) in [5.41, 5.74) is 0.813. The zero-order valence-electron chi connectivity index (χ0n) is 6.57. The van der Waals surface area contributed by atoms with E-state index in [9.17, 15) is 4.55 Å². The van der Waals surface area contributed by atoms with Gasteiger partial charge in [0.1, 0.15) is 11.9 Å². The van der Waals surface area contributed by atoms with E-state index < -0.39 is 11.2 Å². The Labute approximate surface area is 69.8 Å². The van der Waals surface area contributed by atoms with Gasteiger partial charge in [0, 0.05) is 7.05 Å². The van der Waals surface area contributed by atoms with Gasteiger partial charge in [-0.15, -0.1) is 0 Å². The first-order valence-corrected chi connectivity index (χ1v) is 4.84. The van der Waals surface area contributed by atoms with Crippen LogP contribution in [0.4, 0.5) is 5.69 Å². The van der Waals surface area contributed by atoms with Crippen molar-refractivity contribution in [2.45, 2.75) is 4.90 Å². The van der Waals surface area contributed by atoms with Gasteiger partial charge in [0.2, 0.25) is 0 Å². The van der Waals surface area contributed by atoms with Crippen LogP contribution in [0.15, 0.2) is 29.2 Å². The lowest BCUT2D eigenvalue weighted by molar-refractivity contribution is 0.600. The number of hydrogen-bond donors (Lipinski definition) is 0. The highest BCUT2D eigenvalue weighted by Gasteiger charge is 2.08. The van der Waals surface area contributed by atoms with Crippen LogP contribution >= 0.6 is 0 Å². The normalized spacial score (nSPS) is 12.6. The molecule has 0 N–H and O–H groups in total. The zero-order valence-corrected chi connectivity index (χ0v) is 7.39. The maximum Gasteiger partial charge on any atom is 0.177 e. The van der Waals surface area contributed by atoms with Crippen LogP contribution in [0.25, 0.3) is 0 Å². The molecule has 1 atom stereocenters. The van der Waals surface area contributed by atoms with Crippen LogP contribution in [0.5, 0.6) is 0 Å². The molecule has 0 fully saturated rings. The molecule has 0 aliphatic rings. The number of rotatable bonds is 2. The molecule has 0 saturated carbocycles. The molecule has 0 aliphatic carbocycles. The van der Waals surface area contributed by atoms with E-state index in [4.69, 9.17) is 0 Å². The average molecular weight is 168 g/mol. The van der Waals surface area contributed by atoms with Gasteiger partial charge in [0.25, 0.3) is 0 Å². The molecule has 0 saturated heterocycles. The van der Waals surface area contributed by atoms with Gasteiger partial charge in [0.05, 0.1) is 0 Å². The largest absolute Gasteiger partial charge is 0.612 e. The summed E-state index contributed by atoms with van der Waals surface area (Å²) >= 11 is -0.934. The standard InChI is InChI=1S/C8H10NOS/c1-9-7-5-3-4-6-8(7)11(2)10/h3-6H,1-2H3. The topological polar surface area (TPSA) is 37.2 Å². The molecule has 59 valence electrons. The van der Waals surface area contributed by atoms with E-state index in [1.54, 1.807) is 13.3 Å². The first-order chi connectivity index (χ1) is 5.25. The Morgan fingerprint density at radius 1 is 1.36 bits per heavy atom. The summed E-state index contributed by atoms with van der Waals surface area (Å²) < 4.78 is 11.1. The van der Waals surface area contributed by atoms with Crippen LogP contribution in [0.3, 0.4) is 0 Å². The van der Waals surface area contributed by atoms with E-state index in [1.807, 2.05) is 24.3 Å². The summed E-state index contributed by atoms with van der Waals surface area (Å²) in [4.78, 5) is 0.801. The minimum absolute atomic E-state index is 0.801. The Morgan fingerprint density at radius 3 is 2.45 bits per heavy atom. The number of hydrogen-bond acceptors (Lipinski definition) is 1. The second-order valence-electron chi connectivity index (χ2n) is 2.15. The molecule has 2 nitrogen and oxygen atoms in total. The first kappa shape index (κ1) is 8.43. The van der Waals surface area contributed by atoms with Gasteiger partial charge in [-0.3, -0.25) is 5.32 Å². The average Bonchev–Trinajstić information content (AvgIpc) is 2.04. The molecule has 1 aromatic carbocycles. The third-order valence-corrected chi connectivity index (χ3v) is 2.38. The fourth-order valence-corrected chi connectivity index (χ4v) is 1.61. The second kappa shape index (κ2) is 3.64. The molecule has 0 amide bonds. The summed E-state index contributed by atoms with van der Waals surface area (Å²) in [6.07, 6.45) is 1.66. The van der Waals surface area contributed by atoms with Crippen LogP contribution in [-0.2, 0) is 11.2 Å². The van der Waals surface area contributed by atoms with Crippen molar-refractivity contribution in [2.75, 3.05) is 13.3 Å². The third-order valence-electron chi connectivity index (χ3n) is 1.42.